The fourth-order valence-electron chi connectivity index (χ4n) is 3.28. The number of hydrogen-bond acceptors (Lipinski definition) is 5. The number of hydrogen-bond donors (Lipinski definition) is 1. The van der Waals surface area contributed by atoms with Gasteiger partial charge < -0.3 is 19.2 Å². The van der Waals surface area contributed by atoms with Crippen LogP contribution in [0.3, 0.4) is 0 Å². The largest absolute Gasteiger partial charge is 0.461 e. The second-order valence-corrected chi connectivity index (χ2v) is 6.44. The van der Waals surface area contributed by atoms with Gasteiger partial charge in [-0.05, 0) is 51.8 Å². The molecule has 0 radical (unpaired) electrons. The van der Waals surface area contributed by atoms with Gasteiger partial charge in [-0.15, -0.1) is 0 Å². The van der Waals surface area contributed by atoms with Gasteiger partial charge in [0.1, 0.15) is 5.56 Å². The van der Waals surface area contributed by atoms with E-state index >= 15 is 0 Å². The molecule has 1 amide bonds. The van der Waals surface area contributed by atoms with Crippen LogP contribution in [0.2, 0.25) is 0 Å². The standard InChI is InChI=1S/C18H25N3O3/c1-13-7-3-4-10-21(13)11-6-9-19-18(22)16-14(2)20-24-17(16)15-8-5-12-23-15/h5,8,12-13H,3-4,6-7,9-11H2,1-2H3,(H,19,22). The third kappa shape index (κ3) is 3.70. The summed E-state index contributed by atoms with van der Waals surface area (Å²) < 4.78 is 10.6. The third-order valence-corrected chi connectivity index (χ3v) is 4.68. The fourth-order valence-corrected chi connectivity index (χ4v) is 3.28. The Morgan fingerprint density at radius 3 is 3.08 bits per heavy atom. The van der Waals surface area contributed by atoms with Crippen molar-refractivity contribution in [1.82, 2.24) is 15.4 Å². The number of piperidine rings is 1. The second kappa shape index (κ2) is 7.66. The average Bonchev–Trinajstić information content (AvgIpc) is 3.22. The van der Waals surface area contributed by atoms with Crippen molar-refractivity contribution in [2.45, 2.75) is 45.6 Å². The van der Waals surface area contributed by atoms with Crippen molar-refractivity contribution in [2.75, 3.05) is 19.6 Å². The number of carbonyl (C=O) groups excluding carboxylic acids is 1. The molecule has 3 heterocycles. The molecule has 3 rings (SSSR count). The van der Waals surface area contributed by atoms with Gasteiger partial charge in [0, 0.05) is 19.1 Å². The summed E-state index contributed by atoms with van der Waals surface area (Å²) in [5.74, 6) is 0.745. The number of nitrogens with one attached hydrogen (secondary N) is 1. The van der Waals surface area contributed by atoms with E-state index in [0.29, 0.717) is 35.4 Å². The molecule has 0 aromatic carbocycles. The van der Waals surface area contributed by atoms with E-state index < -0.39 is 0 Å². The minimum Gasteiger partial charge on any atom is -0.461 e. The maximum absolute atomic E-state index is 12.5. The number of likely N-dealkylation sites (tertiary alicyclic amines) is 1. The number of aromatic nitrogens is 1. The Balaban J connectivity index is 1.53. The summed E-state index contributed by atoms with van der Waals surface area (Å²) in [6.45, 7) is 6.88. The molecule has 1 unspecified atom stereocenters. The molecule has 1 aliphatic heterocycles. The molecule has 6 heteroatoms. The van der Waals surface area contributed by atoms with Gasteiger partial charge in [-0.25, -0.2) is 0 Å². The SMILES string of the molecule is Cc1noc(-c2ccco2)c1C(=O)NCCCN1CCCCC1C. The quantitative estimate of drug-likeness (QED) is 0.823. The molecule has 1 atom stereocenters. The van der Waals surface area contributed by atoms with E-state index in [-0.39, 0.29) is 5.91 Å². The minimum absolute atomic E-state index is 0.160. The van der Waals surface area contributed by atoms with Crippen LogP contribution in [0.15, 0.2) is 27.3 Å². The Morgan fingerprint density at radius 2 is 2.33 bits per heavy atom. The van der Waals surface area contributed by atoms with Crippen LogP contribution in [-0.4, -0.2) is 41.6 Å². The van der Waals surface area contributed by atoms with Gasteiger partial charge in [0.15, 0.2) is 5.76 Å². The maximum Gasteiger partial charge on any atom is 0.257 e. The molecule has 2 aromatic rings. The molecule has 0 saturated carbocycles. The van der Waals surface area contributed by atoms with Gasteiger partial charge in [-0.3, -0.25) is 4.79 Å². The van der Waals surface area contributed by atoms with Crippen molar-refractivity contribution >= 4 is 5.91 Å². The number of carbonyl (C=O) groups is 1. The first kappa shape index (κ1) is 16.8. The molecule has 6 nitrogen and oxygen atoms in total. The lowest BCUT2D eigenvalue weighted by Crippen LogP contribution is -2.39. The van der Waals surface area contributed by atoms with Gasteiger partial charge >= 0.3 is 0 Å². The number of amides is 1. The fraction of sp³-hybridized carbons (Fsp3) is 0.556. The molecule has 1 aliphatic rings. The van der Waals surface area contributed by atoms with Crippen LogP contribution in [0.4, 0.5) is 0 Å². The van der Waals surface area contributed by atoms with Crippen LogP contribution in [0.5, 0.6) is 0 Å². The summed E-state index contributed by atoms with van der Waals surface area (Å²) in [4.78, 5) is 15.0. The second-order valence-electron chi connectivity index (χ2n) is 6.44. The highest BCUT2D eigenvalue weighted by molar-refractivity contribution is 6.00. The van der Waals surface area contributed by atoms with Crippen molar-refractivity contribution in [3.8, 4) is 11.5 Å². The van der Waals surface area contributed by atoms with E-state index in [9.17, 15) is 4.79 Å². The zero-order valence-corrected chi connectivity index (χ0v) is 14.4. The molecule has 1 N–H and O–H groups in total. The van der Waals surface area contributed by atoms with E-state index in [2.05, 4.69) is 22.3 Å². The van der Waals surface area contributed by atoms with Gasteiger partial charge in [-0.1, -0.05) is 11.6 Å². The minimum atomic E-state index is -0.160. The Labute approximate surface area is 142 Å². The van der Waals surface area contributed by atoms with Gasteiger partial charge in [0.2, 0.25) is 5.76 Å². The van der Waals surface area contributed by atoms with Crippen molar-refractivity contribution in [3.05, 3.63) is 29.7 Å². The number of nitrogens with zero attached hydrogens (tertiary/aromatic N) is 2. The Kier molecular flexibility index (Phi) is 5.35. The molecule has 130 valence electrons. The molecular formula is C18H25N3O3. The van der Waals surface area contributed by atoms with Crippen LogP contribution < -0.4 is 5.32 Å². The monoisotopic (exact) mass is 331 g/mol. The van der Waals surface area contributed by atoms with Crippen molar-refractivity contribution in [1.29, 1.82) is 0 Å². The van der Waals surface area contributed by atoms with Gasteiger partial charge in [0.05, 0.1) is 12.0 Å². The number of aryl methyl sites for hydroxylation is 1. The van der Waals surface area contributed by atoms with Crippen molar-refractivity contribution in [3.63, 3.8) is 0 Å². The third-order valence-electron chi connectivity index (χ3n) is 4.68. The molecule has 0 aliphatic carbocycles. The van der Waals surface area contributed by atoms with E-state index in [1.807, 2.05) is 0 Å². The summed E-state index contributed by atoms with van der Waals surface area (Å²) in [6.07, 6.45) is 6.38. The van der Waals surface area contributed by atoms with Crippen molar-refractivity contribution in [2.24, 2.45) is 0 Å². The zero-order chi connectivity index (χ0) is 16.9. The Morgan fingerprint density at radius 1 is 1.46 bits per heavy atom. The summed E-state index contributed by atoms with van der Waals surface area (Å²) in [5.41, 5.74) is 1.03. The normalized spacial score (nSPS) is 18.7. The average molecular weight is 331 g/mol. The van der Waals surface area contributed by atoms with Crippen LogP contribution in [0, 0.1) is 6.92 Å². The highest BCUT2D eigenvalue weighted by atomic mass is 16.5. The molecule has 2 aromatic heterocycles. The predicted octanol–water partition coefficient (Wildman–Crippen LogP) is 3.24. The Hall–Kier alpha value is -2.08. The molecule has 1 fully saturated rings. The molecular weight excluding hydrogens is 306 g/mol. The van der Waals surface area contributed by atoms with E-state index in [4.69, 9.17) is 8.94 Å². The smallest absolute Gasteiger partial charge is 0.257 e. The highest BCUT2D eigenvalue weighted by Crippen LogP contribution is 2.26. The molecule has 0 spiro atoms. The van der Waals surface area contributed by atoms with Gasteiger partial charge in [0.25, 0.3) is 5.91 Å². The van der Waals surface area contributed by atoms with Crippen LogP contribution in [-0.2, 0) is 0 Å². The van der Waals surface area contributed by atoms with Gasteiger partial charge in [-0.2, -0.15) is 0 Å². The molecule has 0 bridgehead atoms. The van der Waals surface area contributed by atoms with Crippen LogP contribution in [0.25, 0.3) is 11.5 Å². The lowest BCUT2D eigenvalue weighted by Gasteiger charge is -2.33. The lowest BCUT2D eigenvalue weighted by molar-refractivity contribution is 0.0948. The van der Waals surface area contributed by atoms with E-state index in [1.165, 1.54) is 25.8 Å². The summed E-state index contributed by atoms with van der Waals surface area (Å²) in [5, 5.41) is 6.88. The Bertz CT molecular complexity index is 663. The molecule has 1 saturated heterocycles. The summed E-state index contributed by atoms with van der Waals surface area (Å²) in [6, 6.07) is 4.17. The lowest BCUT2D eigenvalue weighted by atomic mass is 10.0. The topological polar surface area (TPSA) is 71.5 Å². The highest BCUT2D eigenvalue weighted by Gasteiger charge is 2.23. The summed E-state index contributed by atoms with van der Waals surface area (Å²) in [7, 11) is 0. The summed E-state index contributed by atoms with van der Waals surface area (Å²) >= 11 is 0. The first-order valence-electron chi connectivity index (χ1n) is 8.69. The zero-order valence-electron chi connectivity index (χ0n) is 14.4. The van der Waals surface area contributed by atoms with Crippen LogP contribution >= 0.6 is 0 Å². The van der Waals surface area contributed by atoms with E-state index in [0.717, 1.165) is 13.0 Å². The number of rotatable bonds is 6. The molecule has 24 heavy (non-hydrogen) atoms. The van der Waals surface area contributed by atoms with Crippen LogP contribution in [0.1, 0.15) is 48.7 Å². The van der Waals surface area contributed by atoms with Crippen molar-refractivity contribution < 1.29 is 13.7 Å². The van der Waals surface area contributed by atoms with E-state index in [1.54, 1.807) is 25.3 Å². The number of furan rings is 1. The predicted molar refractivity (Wildman–Crippen MR) is 90.8 cm³/mol. The first-order chi connectivity index (χ1) is 11.7. The maximum atomic E-state index is 12.5. The first-order valence-corrected chi connectivity index (χ1v) is 8.69.